The van der Waals surface area contributed by atoms with Crippen LogP contribution in [0.2, 0.25) is 0 Å². The fourth-order valence-corrected chi connectivity index (χ4v) is 1.50. The molecule has 0 amide bonds. The summed E-state index contributed by atoms with van der Waals surface area (Å²) in [5, 5.41) is 8.75. The van der Waals surface area contributed by atoms with Crippen LogP contribution in [0.3, 0.4) is 0 Å². The molecule has 0 radical (unpaired) electrons. The lowest BCUT2D eigenvalue weighted by atomic mass is 10.2. The molecule has 0 bridgehead atoms. The van der Waals surface area contributed by atoms with Gasteiger partial charge in [0.25, 0.3) is 0 Å². The number of hydrogen-bond acceptors (Lipinski definition) is 3. The highest BCUT2D eigenvalue weighted by Gasteiger charge is 2.09. The quantitative estimate of drug-likeness (QED) is 0.839. The summed E-state index contributed by atoms with van der Waals surface area (Å²) in [5.74, 6) is 0. The van der Waals surface area contributed by atoms with E-state index in [1.807, 2.05) is 11.6 Å². The molecule has 1 unspecified atom stereocenters. The predicted octanol–water partition coefficient (Wildman–Crippen LogP) is 0.466. The van der Waals surface area contributed by atoms with Gasteiger partial charge in [0.1, 0.15) is 4.60 Å². The van der Waals surface area contributed by atoms with Gasteiger partial charge in [-0.1, -0.05) is 0 Å². The van der Waals surface area contributed by atoms with E-state index in [1.165, 1.54) is 0 Å². The Labute approximate surface area is 91.7 Å². The van der Waals surface area contributed by atoms with Crippen LogP contribution in [0, 0.1) is 0 Å². The van der Waals surface area contributed by atoms with Gasteiger partial charge >= 0.3 is 0 Å². The van der Waals surface area contributed by atoms with Crippen molar-refractivity contribution in [3.8, 4) is 0 Å². The van der Waals surface area contributed by atoms with E-state index in [9.17, 15) is 0 Å². The van der Waals surface area contributed by atoms with E-state index >= 15 is 0 Å². The first-order valence-corrected chi connectivity index (χ1v) is 4.46. The lowest BCUT2D eigenvalue weighted by Gasteiger charge is -2.08. The van der Waals surface area contributed by atoms with Gasteiger partial charge in [-0.2, -0.15) is 0 Å². The zero-order valence-corrected chi connectivity index (χ0v) is 9.68. The van der Waals surface area contributed by atoms with Crippen molar-refractivity contribution in [3.63, 3.8) is 0 Å². The summed E-state index contributed by atoms with van der Waals surface area (Å²) < 4.78 is 2.69. The Balaban J connectivity index is 0.00000144. The van der Waals surface area contributed by atoms with E-state index < -0.39 is 0 Å². The minimum absolute atomic E-state index is 0. The third kappa shape index (κ3) is 3.27. The molecule has 0 aliphatic rings. The van der Waals surface area contributed by atoms with Gasteiger partial charge < -0.3 is 15.4 Å². The molecule has 1 heterocycles. The van der Waals surface area contributed by atoms with E-state index in [1.54, 1.807) is 6.33 Å². The van der Waals surface area contributed by atoms with Gasteiger partial charge in [0.2, 0.25) is 0 Å². The van der Waals surface area contributed by atoms with Crippen molar-refractivity contribution in [3.05, 3.63) is 16.6 Å². The monoisotopic (exact) mass is 269 g/mol. The number of aryl methyl sites for hydroxylation is 1. The SMILES string of the molecule is Cl.Cn1cnc(Br)c1CC(N)CO. The zero-order chi connectivity index (χ0) is 9.14. The topological polar surface area (TPSA) is 64.1 Å². The van der Waals surface area contributed by atoms with Gasteiger partial charge in [0, 0.05) is 19.5 Å². The van der Waals surface area contributed by atoms with Gasteiger partial charge in [-0.25, -0.2) is 4.98 Å². The number of halogens is 2. The molecule has 0 fully saturated rings. The van der Waals surface area contributed by atoms with Crippen LogP contribution in [0.5, 0.6) is 0 Å². The van der Waals surface area contributed by atoms with Gasteiger partial charge in [0.05, 0.1) is 18.6 Å². The number of hydrogen-bond donors (Lipinski definition) is 2. The summed E-state index contributed by atoms with van der Waals surface area (Å²) in [7, 11) is 1.90. The van der Waals surface area contributed by atoms with Crippen molar-refractivity contribution in [2.24, 2.45) is 12.8 Å². The molecular formula is C7H13BrClN3O. The van der Waals surface area contributed by atoms with E-state index in [0.29, 0.717) is 6.42 Å². The number of nitrogens with two attached hydrogens (primary N) is 1. The number of imidazole rings is 1. The standard InChI is InChI=1S/C7H12BrN3O.ClH/c1-11-4-10-7(8)6(11)2-5(9)3-12;/h4-5,12H,2-3,9H2,1H3;1H. The smallest absolute Gasteiger partial charge is 0.127 e. The van der Waals surface area contributed by atoms with Crippen LogP contribution in [0.25, 0.3) is 0 Å². The first-order valence-electron chi connectivity index (χ1n) is 3.67. The Kier molecular flexibility index (Phi) is 5.55. The van der Waals surface area contributed by atoms with Crippen molar-refractivity contribution in [1.29, 1.82) is 0 Å². The maximum Gasteiger partial charge on any atom is 0.127 e. The minimum Gasteiger partial charge on any atom is -0.395 e. The Morgan fingerprint density at radius 3 is 2.77 bits per heavy atom. The van der Waals surface area contributed by atoms with Crippen LogP contribution in [0.4, 0.5) is 0 Å². The summed E-state index contributed by atoms with van der Waals surface area (Å²) in [6, 6.07) is -0.211. The van der Waals surface area contributed by atoms with Gasteiger partial charge in [-0.05, 0) is 15.9 Å². The first kappa shape index (κ1) is 12.9. The van der Waals surface area contributed by atoms with Gasteiger partial charge in [0.15, 0.2) is 0 Å². The molecule has 6 heteroatoms. The molecule has 0 spiro atoms. The average Bonchev–Trinajstić information content (AvgIpc) is 2.35. The molecule has 0 aliphatic heterocycles. The first-order chi connectivity index (χ1) is 5.65. The molecule has 0 aliphatic carbocycles. The van der Waals surface area contributed by atoms with Gasteiger partial charge in [-0.3, -0.25) is 0 Å². The molecule has 0 saturated heterocycles. The average molecular weight is 271 g/mol. The maximum absolute atomic E-state index is 8.75. The normalized spacial score (nSPS) is 12.3. The second-order valence-corrected chi connectivity index (χ2v) is 3.49. The van der Waals surface area contributed by atoms with E-state index in [2.05, 4.69) is 20.9 Å². The summed E-state index contributed by atoms with van der Waals surface area (Å²) in [6.07, 6.45) is 2.34. The van der Waals surface area contributed by atoms with Crippen molar-refractivity contribution in [1.82, 2.24) is 9.55 Å². The highest BCUT2D eigenvalue weighted by molar-refractivity contribution is 9.10. The van der Waals surface area contributed by atoms with Crippen LogP contribution in [-0.4, -0.2) is 27.3 Å². The Morgan fingerprint density at radius 2 is 2.38 bits per heavy atom. The zero-order valence-electron chi connectivity index (χ0n) is 7.27. The number of aliphatic hydroxyl groups is 1. The predicted molar refractivity (Wildman–Crippen MR) is 56.9 cm³/mol. The second kappa shape index (κ2) is 5.59. The molecule has 1 aromatic rings. The number of aromatic nitrogens is 2. The van der Waals surface area contributed by atoms with Crippen molar-refractivity contribution < 1.29 is 5.11 Å². The molecule has 0 saturated carbocycles. The molecule has 13 heavy (non-hydrogen) atoms. The molecule has 4 nitrogen and oxygen atoms in total. The number of nitrogens with zero attached hydrogens (tertiary/aromatic N) is 2. The highest BCUT2D eigenvalue weighted by atomic mass is 79.9. The molecule has 76 valence electrons. The van der Waals surface area contributed by atoms with Crippen LogP contribution >= 0.6 is 28.3 Å². The number of aliphatic hydroxyl groups excluding tert-OH is 1. The molecule has 0 aromatic carbocycles. The molecule has 1 aromatic heterocycles. The Hall–Kier alpha value is -0.100. The summed E-state index contributed by atoms with van der Waals surface area (Å²) in [5.41, 5.74) is 6.60. The lowest BCUT2D eigenvalue weighted by Crippen LogP contribution is -2.27. The van der Waals surface area contributed by atoms with Gasteiger partial charge in [-0.15, -0.1) is 12.4 Å². The van der Waals surface area contributed by atoms with Crippen LogP contribution in [0.15, 0.2) is 10.9 Å². The maximum atomic E-state index is 8.75. The molecular weight excluding hydrogens is 257 g/mol. The Morgan fingerprint density at radius 1 is 1.77 bits per heavy atom. The van der Waals surface area contributed by atoms with E-state index in [0.717, 1.165) is 10.3 Å². The molecule has 3 N–H and O–H groups in total. The van der Waals surface area contributed by atoms with Crippen molar-refractivity contribution in [2.75, 3.05) is 6.61 Å². The largest absolute Gasteiger partial charge is 0.395 e. The fourth-order valence-electron chi connectivity index (χ4n) is 0.968. The number of rotatable bonds is 3. The third-order valence-corrected chi connectivity index (χ3v) is 2.36. The van der Waals surface area contributed by atoms with E-state index in [4.69, 9.17) is 10.8 Å². The highest BCUT2D eigenvalue weighted by Crippen LogP contribution is 2.14. The minimum atomic E-state index is -0.211. The Bertz CT molecular complexity index is 247. The second-order valence-electron chi connectivity index (χ2n) is 2.74. The summed E-state index contributed by atoms with van der Waals surface area (Å²) >= 11 is 3.31. The molecule has 1 rings (SSSR count). The summed E-state index contributed by atoms with van der Waals surface area (Å²) in [6.45, 7) is -0.00236. The summed E-state index contributed by atoms with van der Waals surface area (Å²) in [4.78, 5) is 4.05. The van der Waals surface area contributed by atoms with E-state index in [-0.39, 0.29) is 25.1 Å². The van der Waals surface area contributed by atoms with Crippen LogP contribution in [-0.2, 0) is 13.5 Å². The van der Waals surface area contributed by atoms with Crippen molar-refractivity contribution >= 4 is 28.3 Å². The third-order valence-electron chi connectivity index (χ3n) is 1.70. The lowest BCUT2D eigenvalue weighted by molar-refractivity contribution is 0.264. The fraction of sp³-hybridized carbons (Fsp3) is 0.571. The van der Waals surface area contributed by atoms with Crippen LogP contribution < -0.4 is 5.73 Å². The molecule has 1 atom stereocenters. The van der Waals surface area contributed by atoms with Crippen LogP contribution in [0.1, 0.15) is 5.69 Å². The van der Waals surface area contributed by atoms with Crippen molar-refractivity contribution in [2.45, 2.75) is 12.5 Å².